The number of rotatable bonds is 2. The van der Waals surface area contributed by atoms with Gasteiger partial charge in [0, 0.05) is 18.7 Å². The SMILES string of the molecule is CC1(C)CCCN(c2ccc(C(=N)N)c(Br)c2F)CC1. The summed E-state index contributed by atoms with van der Waals surface area (Å²) < 4.78 is 14.8. The second-order valence-corrected chi connectivity index (χ2v) is 6.97. The zero-order valence-electron chi connectivity index (χ0n) is 12.0. The summed E-state index contributed by atoms with van der Waals surface area (Å²) >= 11 is 3.22. The van der Waals surface area contributed by atoms with Gasteiger partial charge >= 0.3 is 0 Å². The predicted octanol–water partition coefficient (Wildman–Crippen LogP) is 3.89. The lowest BCUT2D eigenvalue weighted by Gasteiger charge is -2.26. The maximum absolute atomic E-state index is 14.5. The number of nitrogens with one attached hydrogen (secondary N) is 1. The monoisotopic (exact) mass is 341 g/mol. The van der Waals surface area contributed by atoms with E-state index in [0.717, 1.165) is 32.4 Å². The molecule has 0 atom stereocenters. The Hall–Kier alpha value is -1.10. The van der Waals surface area contributed by atoms with Crippen LogP contribution < -0.4 is 10.6 Å². The zero-order chi connectivity index (χ0) is 14.9. The fraction of sp³-hybridized carbons (Fsp3) is 0.533. The number of anilines is 1. The number of nitrogen functional groups attached to an aromatic ring is 1. The van der Waals surface area contributed by atoms with Gasteiger partial charge in [-0.1, -0.05) is 13.8 Å². The number of nitrogens with zero attached hydrogens (tertiary/aromatic N) is 1. The molecule has 0 saturated carbocycles. The van der Waals surface area contributed by atoms with Crippen LogP contribution in [0.1, 0.15) is 38.7 Å². The van der Waals surface area contributed by atoms with Crippen molar-refractivity contribution in [3.63, 3.8) is 0 Å². The molecular formula is C15H21BrFN3. The number of nitrogens with two attached hydrogens (primary N) is 1. The summed E-state index contributed by atoms with van der Waals surface area (Å²) in [6.07, 6.45) is 3.29. The molecule has 0 bridgehead atoms. The van der Waals surface area contributed by atoms with Crippen molar-refractivity contribution in [3.8, 4) is 0 Å². The molecule has 1 saturated heterocycles. The van der Waals surface area contributed by atoms with Gasteiger partial charge in [-0.05, 0) is 52.7 Å². The fourth-order valence-electron chi connectivity index (χ4n) is 2.66. The highest BCUT2D eigenvalue weighted by molar-refractivity contribution is 9.10. The first-order valence-corrected chi connectivity index (χ1v) is 7.68. The first kappa shape index (κ1) is 15.3. The smallest absolute Gasteiger partial charge is 0.161 e. The molecule has 110 valence electrons. The number of hydrogen-bond acceptors (Lipinski definition) is 2. The molecule has 1 aromatic carbocycles. The van der Waals surface area contributed by atoms with Crippen LogP contribution in [-0.2, 0) is 0 Å². The van der Waals surface area contributed by atoms with Crippen molar-refractivity contribution in [2.45, 2.75) is 33.1 Å². The molecule has 5 heteroatoms. The minimum atomic E-state index is -0.322. The average molecular weight is 342 g/mol. The summed E-state index contributed by atoms with van der Waals surface area (Å²) in [5.41, 5.74) is 6.77. The van der Waals surface area contributed by atoms with Gasteiger partial charge in [-0.25, -0.2) is 4.39 Å². The zero-order valence-corrected chi connectivity index (χ0v) is 13.6. The lowest BCUT2D eigenvalue weighted by atomic mass is 9.85. The Labute approximate surface area is 128 Å². The van der Waals surface area contributed by atoms with E-state index in [0.29, 0.717) is 16.7 Å². The molecule has 0 amide bonds. The normalized spacial score (nSPS) is 18.7. The summed E-state index contributed by atoms with van der Waals surface area (Å²) in [7, 11) is 0. The van der Waals surface area contributed by atoms with Crippen LogP contribution in [0, 0.1) is 16.6 Å². The summed E-state index contributed by atoms with van der Waals surface area (Å²) in [5, 5.41) is 7.44. The van der Waals surface area contributed by atoms with Gasteiger partial charge in [0.25, 0.3) is 0 Å². The van der Waals surface area contributed by atoms with Crippen molar-refractivity contribution >= 4 is 27.5 Å². The third kappa shape index (κ3) is 3.14. The molecule has 20 heavy (non-hydrogen) atoms. The van der Waals surface area contributed by atoms with Crippen LogP contribution in [-0.4, -0.2) is 18.9 Å². The molecule has 1 aromatic rings. The first-order chi connectivity index (χ1) is 9.32. The van der Waals surface area contributed by atoms with E-state index in [4.69, 9.17) is 11.1 Å². The first-order valence-electron chi connectivity index (χ1n) is 6.89. The Morgan fingerprint density at radius 1 is 1.35 bits per heavy atom. The van der Waals surface area contributed by atoms with Gasteiger partial charge in [-0.15, -0.1) is 0 Å². The lowest BCUT2D eigenvalue weighted by molar-refractivity contribution is 0.325. The van der Waals surface area contributed by atoms with Gasteiger partial charge in [0.1, 0.15) is 5.84 Å². The summed E-state index contributed by atoms with van der Waals surface area (Å²) in [4.78, 5) is 2.10. The van der Waals surface area contributed by atoms with Crippen molar-refractivity contribution in [2.75, 3.05) is 18.0 Å². The summed E-state index contributed by atoms with van der Waals surface area (Å²) in [6, 6.07) is 3.44. The van der Waals surface area contributed by atoms with E-state index in [1.54, 1.807) is 12.1 Å². The number of amidine groups is 1. The van der Waals surface area contributed by atoms with Crippen molar-refractivity contribution < 1.29 is 4.39 Å². The highest BCUT2D eigenvalue weighted by Gasteiger charge is 2.25. The van der Waals surface area contributed by atoms with Crippen LogP contribution in [0.15, 0.2) is 16.6 Å². The highest BCUT2D eigenvalue weighted by Crippen LogP contribution is 2.34. The second-order valence-electron chi connectivity index (χ2n) is 6.18. The molecule has 0 spiro atoms. The third-order valence-electron chi connectivity index (χ3n) is 4.03. The van der Waals surface area contributed by atoms with E-state index in [9.17, 15) is 4.39 Å². The van der Waals surface area contributed by atoms with E-state index >= 15 is 0 Å². The van der Waals surface area contributed by atoms with Crippen LogP contribution in [0.2, 0.25) is 0 Å². The minimum Gasteiger partial charge on any atom is -0.384 e. The third-order valence-corrected chi connectivity index (χ3v) is 4.81. The Morgan fingerprint density at radius 3 is 2.70 bits per heavy atom. The Bertz CT molecular complexity index is 528. The minimum absolute atomic E-state index is 0.126. The summed E-state index contributed by atoms with van der Waals surface area (Å²) in [5.74, 6) is -0.447. The molecular weight excluding hydrogens is 321 g/mol. The number of halogens is 2. The Morgan fingerprint density at radius 2 is 2.05 bits per heavy atom. The molecule has 0 aromatic heterocycles. The number of hydrogen-bond donors (Lipinski definition) is 2. The van der Waals surface area contributed by atoms with Crippen LogP contribution in [0.25, 0.3) is 0 Å². The van der Waals surface area contributed by atoms with Crippen LogP contribution in [0.5, 0.6) is 0 Å². The number of benzene rings is 1. The lowest BCUT2D eigenvalue weighted by Crippen LogP contribution is -2.26. The maximum Gasteiger partial charge on any atom is 0.161 e. The Balaban J connectivity index is 2.29. The standard InChI is InChI=1S/C15H21BrFN3/c1-15(2)6-3-8-20(9-7-15)11-5-4-10(14(18)19)12(16)13(11)17/h4-5H,3,6-9H2,1-2H3,(H3,18,19). The highest BCUT2D eigenvalue weighted by atomic mass is 79.9. The van der Waals surface area contributed by atoms with E-state index in [2.05, 4.69) is 34.7 Å². The fourth-order valence-corrected chi connectivity index (χ4v) is 3.20. The quantitative estimate of drug-likeness (QED) is 0.633. The molecule has 1 heterocycles. The predicted molar refractivity (Wildman–Crippen MR) is 85.0 cm³/mol. The van der Waals surface area contributed by atoms with Crippen LogP contribution in [0.4, 0.5) is 10.1 Å². The topological polar surface area (TPSA) is 53.1 Å². The molecule has 0 aliphatic carbocycles. The molecule has 1 fully saturated rings. The van der Waals surface area contributed by atoms with Crippen molar-refractivity contribution in [1.29, 1.82) is 5.41 Å². The summed E-state index contributed by atoms with van der Waals surface area (Å²) in [6.45, 7) is 6.26. The van der Waals surface area contributed by atoms with Crippen molar-refractivity contribution in [1.82, 2.24) is 0 Å². The van der Waals surface area contributed by atoms with Gasteiger partial charge in [-0.2, -0.15) is 0 Å². The van der Waals surface area contributed by atoms with Gasteiger partial charge in [-0.3, -0.25) is 5.41 Å². The molecule has 2 rings (SSSR count). The molecule has 3 N–H and O–H groups in total. The van der Waals surface area contributed by atoms with E-state index < -0.39 is 0 Å². The molecule has 0 unspecified atom stereocenters. The van der Waals surface area contributed by atoms with Crippen molar-refractivity contribution in [2.24, 2.45) is 11.1 Å². The molecule has 0 radical (unpaired) electrons. The largest absolute Gasteiger partial charge is 0.384 e. The molecule has 1 aliphatic heterocycles. The van der Waals surface area contributed by atoms with E-state index in [1.807, 2.05) is 0 Å². The van der Waals surface area contributed by atoms with Crippen molar-refractivity contribution in [3.05, 3.63) is 28.0 Å². The van der Waals surface area contributed by atoms with Crippen LogP contribution >= 0.6 is 15.9 Å². The Kier molecular flexibility index (Phi) is 4.37. The van der Waals surface area contributed by atoms with E-state index in [1.165, 1.54) is 0 Å². The average Bonchev–Trinajstić information content (AvgIpc) is 2.53. The molecule has 3 nitrogen and oxygen atoms in total. The van der Waals surface area contributed by atoms with Gasteiger partial charge in [0.05, 0.1) is 10.2 Å². The van der Waals surface area contributed by atoms with Gasteiger partial charge < -0.3 is 10.6 Å². The second kappa shape index (κ2) is 5.72. The maximum atomic E-state index is 14.5. The molecule has 1 aliphatic rings. The van der Waals surface area contributed by atoms with Gasteiger partial charge in [0.15, 0.2) is 5.82 Å². The van der Waals surface area contributed by atoms with E-state index in [-0.39, 0.29) is 16.1 Å². The van der Waals surface area contributed by atoms with Crippen LogP contribution in [0.3, 0.4) is 0 Å². The van der Waals surface area contributed by atoms with Gasteiger partial charge in [0.2, 0.25) is 0 Å².